The summed E-state index contributed by atoms with van der Waals surface area (Å²) in [4.78, 5) is 38.8. The Balaban J connectivity index is -0.0000000910. The minimum atomic E-state index is -0.741. The molecule has 0 rings (SSSR count). The fourth-order valence-corrected chi connectivity index (χ4v) is 0.144. The molecule has 0 aromatic heterocycles. The van der Waals surface area contributed by atoms with Crippen molar-refractivity contribution < 1.29 is 39.6 Å². The average Bonchev–Trinajstić information content (AvgIpc) is 2.63. The maximum Gasteiger partial charge on any atom is 0.305 e. The van der Waals surface area contributed by atoms with Crippen LogP contribution in [0.1, 0.15) is 75.7 Å². The van der Waals surface area contributed by atoms with E-state index in [1.807, 2.05) is 13.8 Å². The molecule has 0 bridgehead atoms. The second-order valence-corrected chi connectivity index (χ2v) is 8.18. The first kappa shape index (κ1) is 39.3. The second-order valence-electron chi connectivity index (χ2n) is 8.18. The van der Waals surface area contributed by atoms with Gasteiger partial charge in [0.2, 0.25) is 0 Å². The van der Waals surface area contributed by atoms with Crippen LogP contribution in [0.4, 0.5) is 0 Å². The number of carbonyl (C=O) groups is 4. The molecule has 1 atom stereocenters. The summed E-state index contributed by atoms with van der Waals surface area (Å²) in [5.74, 6) is -3.89. The van der Waals surface area contributed by atoms with Crippen molar-refractivity contribution in [2.75, 3.05) is 6.54 Å². The smallest absolute Gasteiger partial charge is 0.305 e. The van der Waals surface area contributed by atoms with Gasteiger partial charge in [0.1, 0.15) is 0 Å². The van der Waals surface area contributed by atoms with Gasteiger partial charge in [-0.15, -0.1) is 0 Å². The molecule has 31 heavy (non-hydrogen) atoms. The van der Waals surface area contributed by atoms with Crippen LogP contribution in [0.2, 0.25) is 0 Å². The molecule has 0 saturated heterocycles. The molecule has 0 saturated carbocycles. The van der Waals surface area contributed by atoms with E-state index in [1.54, 1.807) is 55.4 Å². The summed E-state index contributed by atoms with van der Waals surface area (Å²) in [5.41, 5.74) is 10.7. The van der Waals surface area contributed by atoms with E-state index >= 15 is 0 Å². The van der Waals surface area contributed by atoms with Crippen LogP contribution in [0, 0.1) is 23.7 Å². The number of aliphatic carboxylic acids is 4. The Morgan fingerprint density at radius 3 is 0.774 bits per heavy atom. The highest BCUT2D eigenvalue weighted by Gasteiger charge is 2.10. The van der Waals surface area contributed by atoms with Crippen molar-refractivity contribution in [1.82, 2.24) is 0 Å². The quantitative estimate of drug-likeness (QED) is 0.346. The zero-order chi connectivity index (χ0) is 26.5. The highest BCUT2D eigenvalue weighted by Crippen LogP contribution is 1.99. The molecule has 10 nitrogen and oxygen atoms in total. The minimum Gasteiger partial charge on any atom is -0.481 e. The third-order valence-corrected chi connectivity index (χ3v) is 3.25. The summed E-state index contributed by atoms with van der Waals surface area (Å²) in [6.45, 7) is 17.7. The largest absolute Gasteiger partial charge is 0.481 e. The standard InChI is InChI=1S/C5H14N2.4C4H8O2/c1-3-5(2,7)4-6;4*1-3(2)4(5)6/h3-4,6-7H2,1-2H3;4*3H,1-2H3,(H,5,6). The van der Waals surface area contributed by atoms with E-state index in [0.29, 0.717) is 6.54 Å². The van der Waals surface area contributed by atoms with Crippen LogP contribution in [0.3, 0.4) is 0 Å². The number of hydrogen-bond acceptors (Lipinski definition) is 6. The number of carboxylic acid groups (broad SMARTS) is 4. The average molecular weight is 455 g/mol. The van der Waals surface area contributed by atoms with Gasteiger partial charge in [0.25, 0.3) is 0 Å². The predicted molar refractivity (Wildman–Crippen MR) is 122 cm³/mol. The Morgan fingerprint density at radius 2 is 0.774 bits per heavy atom. The minimum absolute atomic E-state index is 0.139. The lowest BCUT2D eigenvalue weighted by Gasteiger charge is -2.18. The first-order valence-corrected chi connectivity index (χ1v) is 10.1. The summed E-state index contributed by atoms with van der Waals surface area (Å²) in [6.07, 6.45) is 0.948. The molecule has 0 aliphatic heterocycles. The van der Waals surface area contributed by atoms with Crippen molar-refractivity contribution in [2.45, 2.75) is 81.2 Å². The third-order valence-electron chi connectivity index (χ3n) is 3.25. The summed E-state index contributed by atoms with van der Waals surface area (Å²) >= 11 is 0. The van der Waals surface area contributed by atoms with Crippen LogP contribution in [0.25, 0.3) is 0 Å². The van der Waals surface area contributed by atoms with Crippen molar-refractivity contribution >= 4 is 23.9 Å². The molecule has 0 heterocycles. The van der Waals surface area contributed by atoms with Crippen LogP contribution in [-0.4, -0.2) is 56.4 Å². The molecular weight excluding hydrogens is 408 g/mol. The van der Waals surface area contributed by atoms with Gasteiger partial charge in [0, 0.05) is 12.1 Å². The van der Waals surface area contributed by atoms with Crippen molar-refractivity contribution in [3.05, 3.63) is 0 Å². The topological polar surface area (TPSA) is 201 Å². The van der Waals surface area contributed by atoms with Gasteiger partial charge in [-0.05, 0) is 13.3 Å². The predicted octanol–water partition coefficient (Wildman–Crippen LogP) is 2.98. The van der Waals surface area contributed by atoms with E-state index in [1.165, 1.54) is 0 Å². The summed E-state index contributed by atoms with van der Waals surface area (Å²) in [6, 6.07) is 0. The number of rotatable bonds is 6. The van der Waals surface area contributed by atoms with E-state index in [9.17, 15) is 19.2 Å². The van der Waals surface area contributed by atoms with Crippen molar-refractivity contribution in [3.8, 4) is 0 Å². The van der Waals surface area contributed by atoms with Gasteiger partial charge in [-0.2, -0.15) is 0 Å². The molecular formula is C21H46N2O8. The van der Waals surface area contributed by atoms with Crippen molar-refractivity contribution in [2.24, 2.45) is 35.1 Å². The van der Waals surface area contributed by atoms with E-state index < -0.39 is 23.9 Å². The molecule has 0 aliphatic rings. The van der Waals surface area contributed by atoms with Crippen LogP contribution in [0.15, 0.2) is 0 Å². The van der Waals surface area contributed by atoms with Gasteiger partial charge in [0.15, 0.2) is 0 Å². The first-order chi connectivity index (χ1) is 13.7. The Kier molecular flexibility index (Phi) is 28.5. The SMILES string of the molecule is CC(C)C(=O)O.CC(C)C(=O)O.CC(C)C(=O)O.CC(C)C(=O)O.CCC(C)(N)CN. The Morgan fingerprint density at radius 1 is 0.645 bits per heavy atom. The summed E-state index contributed by atoms with van der Waals surface area (Å²) in [5, 5.41) is 32.0. The Hall–Kier alpha value is -2.20. The lowest BCUT2D eigenvalue weighted by molar-refractivity contribution is -0.141. The van der Waals surface area contributed by atoms with Gasteiger partial charge in [-0.3, -0.25) is 19.2 Å². The summed E-state index contributed by atoms with van der Waals surface area (Å²) < 4.78 is 0. The highest BCUT2D eigenvalue weighted by molar-refractivity contribution is 5.69. The molecule has 0 amide bonds. The summed E-state index contributed by atoms with van der Waals surface area (Å²) in [7, 11) is 0. The molecule has 0 fully saturated rings. The van der Waals surface area contributed by atoms with Crippen LogP contribution in [0.5, 0.6) is 0 Å². The van der Waals surface area contributed by atoms with Crippen LogP contribution in [-0.2, 0) is 19.2 Å². The van der Waals surface area contributed by atoms with Gasteiger partial charge >= 0.3 is 23.9 Å². The normalized spacial score (nSPS) is 11.4. The molecule has 0 aliphatic carbocycles. The number of hydrogen-bond donors (Lipinski definition) is 6. The molecule has 1 unspecified atom stereocenters. The fourth-order valence-electron chi connectivity index (χ4n) is 0.144. The molecule has 0 radical (unpaired) electrons. The fraction of sp³-hybridized carbons (Fsp3) is 0.810. The second kappa shape index (κ2) is 22.5. The van der Waals surface area contributed by atoms with E-state index in [-0.39, 0.29) is 29.2 Å². The van der Waals surface area contributed by atoms with Gasteiger partial charge in [-0.25, -0.2) is 0 Å². The van der Waals surface area contributed by atoms with Crippen LogP contribution >= 0.6 is 0 Å². The van der Waals surface area contributed by atoms with Gasteiger partial charge < -0.3 is 31.9 Å². The monoisotopic (exact) mass is 454 g/mol. The molecule has 188 valence electrons. The van der Waals surface area contributed by atoms with Crippen molar-refractivity contribution in [1.29, 1.82) is 0 Å². The zero-order valence-corrected chi connectivity index (χ0v) is 20.8. The first-order valence-electron chi connectivity index (χ1n) is 10.1. The molecule has 0 aromatic carbocycles. The number of carboxylic acids is 4. The zero-order valence-electron chi connectivity index (χ0n) is 20.8. The van der Waals surface area contributed by atoms with Crippen molar-refractivity contribution in [3.63, 3.8) is 0 Å². The Labute approximate surface area is 187 Å². The van der Waals surface area contributed by atoms with E-state index in [2.05, 4.69) is 0 Å². The maximum atomic E-state index is 9.70. The molecule has 0 spiro atoms. The lowest BCUT2D eigenvalue weighted by atomic mass is 10.0. The lowest BCUT2D eigenvalue weighted by Crippen LogP contribution is -2.42. The highest BCUT2D eigenvalue weighted by atomic mass is 16.4. The molecule has 10 heteroatoms. The van der Waals surface area contributed by atoms with Gasteiger partial charge in [0.05, 0.1) is 23.7 Å². The van der Waals surface area contributed by atoms with Crippen LogP contribution < -0.4 is 11.5 Å². The Bertz CT molecular complexity index is 410. The van der Waals surface area contributed by atoms with E-state index in [4.69, 9.17) is 31.9 Å². The molecule has 8 N–H and O–H groups in total. The molecule has 0 aromatic rings. The maximum absolute atomic E-state index is 9.70. The third kappa shape index (κ3) is 47.2. The van der Waals surface area contributed by atoms with Gasteiger partial charge in [-0.1, -0.05) is 62.3 Å². The number of nitrogens with two attached hydrogens (primary N) is 2. The van der Waals surface area contributed by atoms with E-state index in [0.717, 1.165) is 6.42 Å².